The van der Waals surface area contributed by atoms with Gasteiger partial charge in [0, 0.05) is 52.7 Å². The van der Waals surface area contributed by atoms with Crippen molar-refractivity contribution in [1.82, 2.24) is 24.7 Å². The normalized spacial score (nSPS) is 21.1. The van der Waals surface area contributed by atoms with Crippen LogP contribution in [0.1, 0.15) is 40.2 Å². The summed E-state index contributed by atoms with van der Waals surface area (Å²) < 4.78 is 7.56. The van der Waals surface area contributed by atoms with Crippen LogP contribution < -0.4 is 5.32 Å². The molecular formula is C19H34N6O2. The van der Waals surface area contributed by atoms with Gasteiger partial charge < -0.3 is 24.4 Å². The monoisotopic (exact) mass is 378 g/mol. The largest absolute Gasteiger partial charge is 0.444 e. The average Bonchev–Trinajstić information content (AvgIpc) is 3.12. The maximum Gasteiger partial charge on any atom is 0.410 e. The maximum absolute atomic E-state index is 12.0. The Hall–Kier alpha value is -2.25. The molecule has 0 radical (unpaired) electrons. The van der Waals surface area contributed by atoms with Crippen molar-refractivity contribution >= 4 is 12.1 Å². The molecule has 2 atom stereocenters. The lowest BCUT2D eigenvalue weighted by atomic mass is 9.93. The lowest BCUT2D eigenvalue weighted by Crippen LogP contribution is -2.50. The fourth-order valence-corrected chi connectivity index (χ4v) is 3.19. The SMILES string of the molecule is CN=C(NCCN(C)C(=O)OC(C)(C)C)N1CCC(C)C(n2ccnc2)C1. The molecule has 0 spiro atoms. The fraction of sp³-hybridized carbons (Fsp3) is 0.737. The first kappa shape index (κ1) is 21.1. The molecule has 1 aromatic heterocycles. The van der Waals surface area contributed by atoms with Gasteiger partial charge >= 0.3 is 6.09 Å². The number of likely N-dealkylation sites (N-methyl/N-ethyl adjacent to an activating group) is 1. The number of aromatic nitrogens is 2. The molecule has 0 saturated carbocycles. The van der Waals surface area contributed by atoms with Crippen molar-refractivity contribution < 1.29 is 9.53 Å². The van der Waals surface area contributed by atoms with Crippen molar-refractivity contribution in [3.63, 3.8) is 0 Å². The number of piperidine rings is 1. The number of ether oxygens (including phenoxy) is 1. The summed E-state index contributed by atoms with van der Waals surface area (Å²) in [5.41, 5.74) is -0.484. The Morgan fingerprint density at radius 1 is 1.44 bits per heavy atom. The predicted octanol–water partition coefficient (Wildman–Crippen LogP) is 2.21. The summed E-state index contributed by atoms with van der Waals surface area (Å²) >= 11 is 0. The van der Waals surface area contributed by atoms with Gasteiger partial charge in [-0.3, -0.25) is 4.99 Å². The van der Waals surface area contributed by atoms with Gasteiger partial charge in [0.15, 0.2) is 5.96 Å². The van der Waals surface area contributed by atoms with Crippen LogP contribution in [0.15, 0.2) is 23.7 Å². The van der Waals surface area contributed by atoms with Crippen molar-refractivity contribution in [3.05, 3.63) is 18.7 Å². The number of hydrogen-bond acceptors (Lipinski definition) is 4. The average molecular weight is 379 g/mol. The van der Waals surface area contributed by atoms with Crippen LogP contribution in [-0.2, 0) is 4.74 Å². The molecule has 8 heteroatoms. The number of carbonyl (C=O) groups is 1. The number of amides is 1. The molecule has 0 aromatic carbocycles. The van der Waals surface area contributed by atoms with Crippen molar-refractivity contribution in [2.75, 3.05) is 40.3 Å². The number of nitrogens with zero attached hydrogens (tertiary/aromatic N) is 5. The standard InChI is InChI=1S/C19H34N6O2/c1-15-7-10-24(13-16(15)25-12-8-21-14-25)17(20-5)22-9-11-23(6)18(26)27-19(2,3)4/h8,12,14-16H,7,9-11,13H2,1-6H3,(H,20,22). The molecule has 2 rings (SSSR count). The van der Waals surface area contributed by atoms with E-state index in [1.165, 1.54) is 0 Å². The van der Waals surface area contributed by atoms with E-state index in [0.717, 1.165) is 25.5 Å². The van der Waals surface area contributed by atoms with Crippen LogP contribution in [0.5, 0.6) is 0 Å². The second-order valence-corrected chi connectivity index (χ2v) is 8.17. The molecule has 2 heterocycles. The molecule has 0 bridgehead atoms. The predicted molar refractivity (Wildman–Crippen MR) is 107 cm³/mol. The zero-order chi connectivity index (χ0) is 20.0. The van der Waals surface area contributed by atoms with Crippen molar-refractivity contribution in [3.8, 4) is 0 Å². The minimum Gasteiger partial charge on any atom is -0.444 e. The summed E-state index contributed by atoms with van der Waals surface area (Å²) in [6.45, 7) is 10.9. The summed E-state index contributed by atoms with van der Waals surface area (Å²) in [6, 6.07) is 0.379. The fourth-order valence-electron chi connectivity index (χ4n) is 3.19. The van der Waals surface area contributed by atoms with Gasteiger partial charge in [-0.2, -0.15) is 0 Å². The smallest absolute Gasteiger partial charge is 0.410 e. The highest BCUT2D eigenvalue weighted by Gasteiger charge is 2.29. The van der Waals surface area contributed by atoms with Crippen molar-refractivity contribution in [2.24, 2.45) is 10.9 Å². The van der Waals surface area contributed by atoms with E-state index in [-0.39, 0.29) is 6.09 Å². The number of hydrogen-bond donors (Lipinski definition) is 1. The molecule has 2 unspecified atom stereocenters. The molecule has 0 aliphatic carbocycles. The first-order chi connectivity index (χ1) is 12.7. The summed E-state index contributed by atoms with van der Waals surface area (Å²) in [4.78, 5) is 24.5. The van der Waals surface area contributed by atoms with Gasteiger partial charge in [0.25, 0.3) is 0 Å². The summed E-state index contributed by atoms with van der Waals surface area (Å²) in [5, 5.41) is 3.37. The third kappa shape index (κ3) is 6.15. The van der Waals surface area contributed by atoms with Gasteiger partial charge in [0.1, 0.15) is 5.60 Å². The Bertz CT molecular complexity index is 623. The van der Waals surface area contributed by atoms with Gasteiger partial charge in [-0.15, -0.1) is 0 Å². The van der Waals surface area contributed by atoms with E-state index in [1.807, 2.05) is 39.5 Å². The lowest BCUT2D eigenvalue weighted by Gasteiger charge is -2.39. The highest BCUT2D eigenvalue weighted by molar-refractivity contribution is 5.80. The third-order valence-electron chi connectivity index (χ3n) is 4.77. The second kappa shape index (κ2) is 9.10. The highest BCUT2D eigenvalue weighted by Crippen LogP contribution is 2.27. The van der Waals surface area contributed by atoms with E-state index in [4.69, 9.17) is 4.74 Å². The Balaban J connectivity index is 1.85. The molecule has 27 heavy (non-hydrogen) atoms. The second-order valence-electron chi connectivity index (χ2n) is 8.17. The van der Waals surface area contributed by atoms with Crippen molar-refractivity contribution in [1.29, 1.82) is 0 Å². The van der Waals surface area contributed by atoms with Crippen LogP contribution >= 0.6 is 0 Å². The zero-order valence-electron chi connectivity index (χ0n) is 17.5. The Morgan fingerprint density at radius 2 is 2.19 bits per heavy atom. The van der Waals surface area contributed by atoms with Gasteiger partial charge in [0.05, 0.1) is 12.4 Å². The van der Waals surface area contributed by atoms with Crippen LogP contribution in [0.25, 0.3) is 0 Å². The quantitative estimate of drug-likeness (QED) is 0.642. The molecular weight excluding hydrogens is 344 g/mol. The third-order valence-corrected chi connectivity index (χ3v) is 4.77. The minimum absolute atomic E-state index is 0.314. The Labute approximate surface area is 162 Å². The summed E-state index contributed by atoms with van der Waals surface area (Å²) in [7, 11) is 3.54. The first-order valence-electron chi connectivity index (χ1n) is 9.58. The van der Waals surface area contributed by atoms with Gasteiger partial charge in [-0.25, -0.2) is 9.78 Å². The van der Waals surface area contributed by atoms with E-state index in [9.17, 15) is 4.79 Å². The van der Waals surface area contributed by atoms with Gasteiger partial charge in [-0.05, 0) is 33.1 Å². The molecule has 1 aliphatic rings. The van der Waals surface area contributed by atoms with E-state index in [0.29, 0.717) is 25.0 Å². The number of carbonyl (C=O) groups excluding carboxylic acids is 1. The topological polar surface area (TPSA) is 75.0 Å². The molecule has 1 amide bonds. The van der Waals surface area contributed by atoms with Crippen LogP contribution in [0.2, 0.25) is 0 Å². The zero-order valence-corrected chi connectivity index (χ0v) is 17.5. The van der Waals surface area contributed by atoms with E-state index >= 15 is 0 Å². The Kier molecular flexibility index (Phi) is 7.10. The lowest BCUT2D eigenvalue weighted by molar-refractivity contribution is 0.0301. The number of imidazole rings is 1. The number of aliphatic imine (C=N–C) groups is 1. The molecule has 8 nitrogen and oxygen atoms in total. The molecule has 1 aliphatic heterocycles. The Morgan fingerprint density at radius 3 is 2.78 bits per heavy atom. The highest BCUT2D eigenvalue weighted by atomic mass is 16.6. The number of guanidine groups is 1. The number of likely N-dealkylation sites (tertiary alicyclic amines) is 1. The van der Waals surface area contributed by atoms with Crippen LogP contribution in [0.3, 0.4) is 0 Å². The van der Waals surface area contributed by atoms with Crippen LogP contribution in [-0.4, -0.2) is 77.3 Å². The summed E-state index contributed by atoms with van der Waals surface area (Å²) in [5.74, 6) is 1.46. The maximum atomic E-state index is 12.0. The number of rotatable bonds is 4. The molecule has 1 fully saturated rings. The summed E-state index contributed by atoms with van der Waals surface area (Å²) in [6.07, 6.45) is 6.52. The molecule has 152 valence electrons. The van der Waals surface area contributed by atoms with E-state index in [2.05, 4.69) is 31.7 Å². The van der Waals surface area contributed by atoms with Crippen molar-refractivity contribution in [2.45, 2.75) is 45.8 Å². The van der Waals surface area contributed by atoms with E-state index in [1.54, 1.807) is 19.0 Å². The number of nitrogens with one attached hydrogen (secondary N) is 1. The van der Waals surface area contributed by atoms with Crippen LogP contribution in [0.4, 0.5) is 4.79 Å². The minimum atomic E-state index is -0.484. The molecule has 1 saturated heterocycles. The van der Waals surface area contributed by atoms with Crippen LogP contribution in [0, 0.1) is 5.92 Å². The first-order valence-corrected chi connectivity index (χ1v) is 9.58. The molecule has 1 aromatic rings. The van der Waals surface area contributed by atoms with Gasteiger partial charge in [-0.1, -0.05) is 6.92 Å². The van der Waals surface area contributed by atoms with Gasteiger partial charge in [0.2, 0.25) is 0 Å². The molecule has 1 N–H and O–H groups in total. The van der Waals surface area contributed by atoms with E-state index < -0.39 is 5.60 Å².